The topological polar surface area (TPSA) is 131 Å². The van der Waals surface area contributed by atoms with Gasteiger partial charge in [0, 0.05) is 29.1 Å². The van der Waals surface area contributed by atoms with Gasteiger partial charge in [0.15, 0.2) is 5.82 Å². The number of aromatic nitrogens is 6. The molecule has 8 rings (SSSR count). The summed E-state index contributed by atoms with van der Waals surface area (Å²) in [7, 11) is 2.01. The molecule has 1 saturated carbocycles. The minimum absolute atomic E-state index is 0.0243. The van der Waals surface area contributed by atoms with E-state index in [2.05, 4.69) is 30.0 Å². The first-order valence-electron chi connectivity index (χ1n) is 15.9. The number of nitrogens with zero attached hydrogens (tertiary/aromatic N) is 7. The number of piperidine rings is 1. The molecular weight excluding hydrogens is 649 g/mol. The summed E-state index contributed by atoms with van der Waals surface area (Å²) in [5.41, 5.74) is 4.16. The molecule has 11 nitrogen and oxygen atoms in total. The van der Waals surface area contributed by atoms with Crippen LogP contribution in [0, 0.1) is 30.4 Å². The van der Waals surface area contributed by atoms with Gasteiger partial charge in [0.25, 0.3) is 0 Å². The molecule has 0 amide bonds. The lowest BCUT2D eigenvalue weighted by Crippen LogP contribution is -2.39. The van der Waals surface area contributed by atoms with Crippen molar-refractivity contribution in [2.24, 2.45) is 11.8 Å². The number of likely N-dealkylation sites (N-methyl/N-ethyl adjacent to an activating group) is 1. The maximum absolute atomic E-state index is 17.1. The van der Waals surface area contributed by atoms with Crippen LogP contribution in [0.4, 0.5) is 33.6 Å². The van der Waals surface area contributed by atoms with E-state index in [0.717, 1.165) is 19.2 Å². The van der Waals surface area contributed by atoms with Crippen LogP contribution in [-0.4, -0.2) is 73.9 Å². The number of nitrogen functional groups attached to an aromatic ring is 1. The molecule has 3 aliphatic rings. The summed E-state index contributed by atoms with van der Waals surface area (Å²) >= 11 is 0. The SMILES string of the molecule is Cc1cc2[nH]ncc2c(-c2nc3c4c(nc(OC[C@H]5[C@H]6C[C@H]6CN5C)nc4c2F)N([C@H](C)c2cc(F)cnc2N)[C@@H](C)CO3)c1C(F)(F)F. The number of benzene rings is 1. The van der Waals surface area contributed by atoms with Gasteiger partial charge in [0.1, 0.15) is 47.3 Å². The third kappa shape index (κ3) is 5.06. The Morgan fingerprint density at radius 3 is 2.69 bits per heavy atom. The molecule has 3 N–H and O–H groups in total. The van der Waals surface area contributed by atoms with Crippen molar-refractivity contribution in [2.75, 3.05) is 37.4 Å². The van der Waals surface area contributed by atoms with Crippen LogP contribution >= 0.6 is 0 Å². The number of hydrogen-bond donors (Lipinski definition) is 2. The van der Waals surface area contributed by atoms with Crippen molar-refractivity contribution in [3.8, 4) is 23.1 Å². The fraction of sp³-hybridized carbons (Fsp3) is 0.424. The zero-order valence-electron chi connectivity index (χ0n) is 26.9. The number of nitrogens with one attached hydrogen (secondary N) is 1. The summed E-state index contributed by atoms with van der Waals surface area (Å²) in [6.45, 7) is 6.00. The molecule has 1 aromatic carbocycles. The quantitative estimate of drug-likeness (QED) is 0.211. The zero-order valence-corrected chi connectivity index (χ0v) is 26.9. The van der Waals surface area contributed by atoms with Crippen molar-refractivity contribution in [1.82, 2.24) is 35.0 Å². The van der Waals surface area contributed by atoms with Gasteiger partial charge in [-0.05, 0) is 63.8 Å². The number of halogens is 5. The lowest BCUT2D eigenvalue weighted by Gasteiger charge is -2.35. The molecular formula is C33H32F5N9O2. The Balaban J connectivity index is 1.37. The first-order chi connectivity index (χ1) is 23.3. The normalized spacial score (nSPS) is 22.7. The molecule has 5 aromatic rings. The van der Waals surface area contributed by atoms with Gasteiger partial charge in [-0.1, -0.05) is 0 Å². The standard InChI is InChI=1S/C33H32F5N9O2/c1-13-5-21-20(9-41-45-21)23(25(13)33(36,37)38)27-26(35)28-24-30(44-32(43-28)49-12-22-19-6-16(19)10-46(22)4)47(14(2)11-48-31(24)42-27)15(3)18-7-17(34)8-40-29(18)39/h5,7-9,14-16,19,22H,6,10-12H2,1-4H3,(H2,39,40)(H,41,45)/t14-,15+,16-,19-,22-/m0/s1. The van der Waals surface area contributed by atoms with E-state index in [1.54, 1.807) is 11.8 Å². The van der Waals surface area contributed by atoms with E-state index >= 15 is 4.39 Å². The Morgan fingerprint density at radius 2 is 1.96 bits per heavy atom. The first kappa shape index (κ1) is 31.4. The van der Waals surface area contributed by atoms with Crippen LogP contribution in [-0.2, 0) is 6.18 Å². The minimum Gasteiger partial charge on any atom is -0.475 e. The van der Waals surface area contributed by atoms with E-state index in [1.165, 1.54) is 25.3 Å². The largest absolute Gasteiger partial charge is 0.475 e. The number of rotatable bonds is 6. The van der Waals surface area contributed by atoms with Crippen LogP contribution in [0.3, 0.4) is 0 Å². The second-order valence-corrected chi connectivity index (χ2v) is 13.3. The van der Waals surface area contributed by atoms with E-state index in [0.29, 0.717) is 17.4 Å². The van der Waals surface area contributed by atoms with Gasteiger partial charge in [-0.3, -0.25) is 10.00 Å². The summed E-state index contributed by atoms with van der Waals surface area (Å²) in [5, 5.41) is 6.66. The molecule has 6 heterocycles. The lowest BCUT2D eigenvalue weighted by molar-refractivity contribution is -0.137. The molecule has 256 valence electrons. The van der Waals surface area contributed by atoms with Gasteiger partial charge < -0.3 is 20.1 Å². The summed E-state index contributed by atoms with van der Waals surface area (Å²) in [6.07, 6.45) is -1.55. The average molecular weight is 682 g/mol. The van der Waals surface area contributed by atoms with Crippen molar-refractivity contribution in [2.45, 2.75) is 51.5 Å². The van der Waals surface area contributed by atoms with Crippen molar-refractivity contribution in [3.05, 3.63) is 52.9 Å². The fourth-order valence-corrected chi connectivity index (χ4v) is 7.66. The van der Waals surface area contributed by atoms with Crippen molar-refractivity contribution >= 4 is 33.4 Å². The number of fused-ring (bicyclic) bond motifs is 2. The molecule has 5 atom stereocenters. The van der Waals surface area contributed by atoms with Gasteiger partial charge in [-0.15, -0.1) is 0 Å². The summed E-state index contributed by atoms with van der Waals surface area (Å²) in [4.78, 5) is 21.6. The molecule has 2 aliphatic heterocycles. The maximum atomic E-state index is 17.1. The van der Waals surface area contributed by atoms with E-state index in [9.17, 15) is 17.6 Å². The van der Waals surface area contributed by atoms with Gasteiger partial charge in [0.2, 0.25) is 5.88 Å². The summed E-state index contributed by atoms with van der Waals surface area (Å²) in [5.74, 6) is -0.588. The summed E-state index contributed by atoms with van der Waals surface area (Å²) in [6, 6.07) is 1.33. The zero-order chi connectivity index (χ0) is 34.5. The van der Waals surface area contributed by atoms with E-state index in [4.69, 9.17) is 20.2 Å². The number of hydrogen-bond acceptors (Lipinski definition) is 10. The van der Waals surface area contributed by atoms with Crippen LogP contribution in [0.2, 0.25) is 0 Å². The van der Waals surface area contributed by atoms with Crippen molar-refractivity contribution < 1.29 is 31.4 Å². The Hall–Kier alpha value is -4.86. The van der Waals surface area contributed by atoms with Gasteiger partial charge in [0.05, 0.1) is 35.6 Å². The van der Waals surface area contributed by atoms with Crippen molar-refractivity contribution in [1.29, 1.82) is 0 Å². The second-order valence-electron chi connectivity index (χ2n) is 13.3. The van der Waals surface area contributed by atoms with Gasteiger partial charge in [-0.2, -0.15) is 28.2 Å². The minimum atomic E-state index is -4.86. The number of pyridine rings is 2. The number of aromatic amines is 1. The molecule has 0 spiro atoms. The summed E-state index contributed by atoms with van der Waals surface area (Å²) < 4.78 is 87.8. The Kier molecular flexibility index (Phi) is 7.10. The van der Waals surface area contributed by atoms with Crippen molar-refractivity contribution in [3.63, 3.8) is 0 Å². The molecule has 0 unspecified atom stereocenters. The number of alkyl halides is 3. The molecule has 4 aromatic heterocycles. The molecule has 0 radical (unpaired) electrons. The lowest BCUT2D eigenvalue weighted by atomic mass is 9.94. The predicted octanol–water partition coefficient (Wildman–Crippen LogP) is 5.83. The Bertz CT molecular complexity index is 2140. The highest BCUT2D eigenvalue weighted by Gasteiger charge is 2.51. The smallest absolute Gasteiger partial charge is 0.417 e. The van der Waals surface area contributed by atoms with Crippen LogP contribution in [0.1, 0.15) is 43.0 Å². The maximum Gasteiger partial charge on any atom is 0.417 e. The van der Waals surface area contributed by atoms with Crippen LogP contribution in [0.5, 0.6) is 11.9 Å². The van der Waals surface area contributed by atoms with Crippen LogP contribution in [0.15, 0.2) is 24.5 Å². The third-order valence-corrected chi connectivity index (χ3v) is 10.1. The fourth-order valence-electron chi connectivity index (χ4n) is 7.66. The predicted molar refractivity (Wildman–Crippen MR) is 170 cm³/mol. The molecule has 49 heavy (non-hydrogen) atoms. The highest BCUT2D eigenvalue weighted by atomic mass is 19.4. The number of nitrogens with two attached hydrogens (primary N) is 1. The Labute approximate surface area is 276 Å². The number of ether oxygens (including phenoxy) is 2. The first-order valence-corrected chi connectivity index (χ1v) is 15.9. The van der Waals surface area contributed by atoms with Gasteiger partial charge in [-0.25, -0.2) is 18.7 Å². The third-order valence-electron chi connectivity index (χ3n) is 10.1. The highest BCUT2D eigenvalue weighted by Crippen LogP contribution is 2.50. The van der Waals surface area contributed by atoms with E-state index < -0.39 is 46.7 Å². The van der Waals surface area contributed by atoms with Crippen LogP contribution < -0.4 is 20.1 Å². The van der Waals surface area contributed by atoms with E-state index in [-0.39, 0.29) is 70.2 Å². The Morgan fingerprint density at radius 1 is 1.16 bits per heavy atom. The molecule has 0 bridgehead atoms. The molecule has 1 saturated heterocycles. The average Bonchev–Trinajstić information content (AvgIpc) is 3.54. The second kappa shape index (κ2) is 11.1. The van der Waals surface area contributed by atoms with E-state index in [1.807, 2.05) is 14.0 Å². The van der Waals surface area contributed by atoms with Crippen LogP contribution in [0.25, 0.3) is 33.1 Å². The highest BCUT2D eigenvalue weighted by molar-refractivity contribution is 6.02. The number of anilines is 2. The molecule has 2 fully saturated rings. The number of likely N-dealkylation sites (tertiary alicyclic amines) is 1. The van der Waals surface area contributed by atoms with Gasteiger partial charge >= 0.3 is 12.2 Å². The molecule has 1 aliphatic carbocycles. The number of aryl methyl sites for hydroxylation is 1. The molecule has 16 heteroatoms. The number of H-pyrrole nitrogens is 1. The monoisotopic (exact) mass is 681 g/mol.